The zero-order chi connectivity index (χ0) is 20.4. The molecule has 8 nitrogen and oxygen atoms in total. The summed E-state index contributed by atoms with van der Waals surface area (Å²) >= 11 is 1.28. The molecule has 2 heterocycles. The molecule has 2 aliphatic rings. The summed E-state index contributed by atoms with van der Waals surface area (Å²) in [6.07, 6.45) is 5.23. The number of fused-ring (bicyclic) bond motifs is 1. The number of amides is 1. The van der Waals surface area contributed by atoms with Crippen LogP contribution in [0, 0.1) is 0 Å². The SMILES string of the molecule is O=C(CSc1nnnn1-c1ccccc1)Nc1ccc2c(c1)OC1(CCCCC1)O2. The van der Waals surface area contributed by atoms with Gasteiger partial charge in [-0.05, 0) is 47.5 Å². The van der Waals surface area contributed by atoms with Crippen LogP contribution in [0.4, 0.5) is 5.69 Å². The fourth-order valence-corrected chi connectivity index (χ4v) is 4.48. The summed E-state index contributed by atoms with van der Waals surface area (Å²) in [5.41, 5.74) is 1.52. The molecule has 1 aliphatic heterocycles. The summed E-state index contributed by atoms with van der Waals surface area (Å²) in [6.45, 7) is 0. The van der Waals surface area contributed by atoms with Crippen molar-refractivity contribution in [1.82, 2.24) is 20.2 Å². The molecule has 1 spiro atoms. The van der Waals surface area contributed by atoms with E-state index in [0.717, 1.165) is 37.1 Å². The number of ether oxygens (including phenoxy) is 2. The lowest BCUT2D eigenvalue weighted by atomic mass is 9.94. The molecule has 0 radical (unpaired) electrons. The number of anilines is 1. The fraction of sp³-hybridized carbons (Fsp3) is 0.333. The Morgan fingerprint density at radius 2 is 1.87 bits per heavy atom. The van der Waals surface area contributed by atoms with Crippen LogP contribution in [0.2, 0.25) is 0 Å². The van der Waals surface area contributed by atoms with Crippen molar-refractivity contribution in [2.45, 2.75) is 43.0 Å². The Kier molecular flexibility index (Phi) is 5.04. The lowest BCUT2D eigenvalue weighted by Crippen LogP contribution is -2.40. The summed E-state index contributed by atoms with van der Waals surface area (Å²) in [5.74, 6) is 0.953. The number of para-hydroxylation sites is 1. The molecular formula is C21H21N5O3S. The highest BCUT2D eigenvalue weighted by molar-refractivity contribution is 7.99. The largest absolute Gasteiger partial charge is 0.448 e. The Morgan fingerprint density at radius 1 is 1.07 bits per heavy atom. The van der Waals surface area contributed by atoms with E-state index in [0.29, 0.717) is 16.6 Å². The summed E-state index contributed by atoms with van der Waals surface area (Å²) in [5, 5.41) is 15.2. The van der Waals surface area contributed by atoms with Crippen LogP contribution in [-0.2, 0) is 4.79 Å². The van der Waals surface area contributed by atoms with Crippen LogP contribution in [0.1, 0.15) is 32.1 Å². The quantitative estimate of drug-likeness (QED) is 0.624. The van der Waals surface area contributed by atoms with Crippen LogP contribution in [0.3, 0.4) is 0 Å². The molecule has 30 heavy (non-hydrogen) atoms. The van der Waals surface area contributed by atoms with Crippen LogP contribution < -0.4 is 14.8 Å². The number of nitrogens with zero attached hydrogens (tertiary/aromatic N) is 4. The van der Waals surface area contributed by atoms with E-state index in [1.807, 2.05) is 48.5 Å². The van der Waals surface area contributed by atoms with Crippen molar-refractivity contribution in [2.75, 3.05) is 11.1 Å². The molecule has 0 bridgehead atoms. The van der Waals surface area contributed by atoms with E-state index in [1.54, 1.807) is 4.68 Å². The Morgan fingerprint density at radius 3 is 2.70 bits per heavy atom. The van der Waals surface area contributed by atoms with Gasteiger partial charge in [-0.15, -0.1) is 5.10 Å². The van der Waals surface area contributed by atoms with E-state index in [-0.39, 0.29) is 11.7 Å². The average Bonchev–Trinajstić information content (AvgIpc) is 3.37. The van der Waals surface area contributed by atoms with Gasteiger partial charge in [-0.2, -0.15) is 4.68 Å². The summed E-state index contributed by atoms with van der Waals surface area (Å²) in [4.78, 5) is 12.5. The first-order valence-electron chi connectivity index (χ1n) is 9.99. The number of rotatable bonds is 5. The van der Waals surface area contributed by atoms with Crippen LogP contribution >= 0.6 is 11.8 Å². The van der Waals surface area contributed by atoms with E-state index in [4.69, 9.17) is 9.47 Å². The number of aromatic nitrogens is 4. The van der Waals surface area contributed by atoms with Gasteiger partial charge in [0.2, 0.25) is 11.1 Å². The Bertz CT molecular complexity index is 1050. The summed E-state index contributed by atoms with van der Waals surface area (Å²) in [6, 6.07) is 15.1. The number of tetrazole rings is 1. The third-order valence-electron chi connectivity index (χ3n) is 5.21. The zero-order valence-electron chi connectivity index (χ0n) is 16.3. The monoisotopic (exact) mass is 423 g/mol. The minimum absolute atomic E-state index is 0.145. The molecule has 1 amide bonds. The number of benzene rings is 2. The van der Waals surface area contributed by atoms with E-state index in [1.165, 1.54) is 18.2 Å². The second-order valence-electron chi connectivity index (χ2n) is 7.38. The third-order valence-corrected chi connectivity index (χ3v) is 6.13. The molecule has 1 fully saturated rings. The Balaban J connectivity index is 1.21. The second kappa shape index (κ2) is 7.98. The maximum atomic E-state index is 12.5. The Labute approximate surface area is 177 Å². The standard InChI is InChI=1S/C21H21N5O3S/c27-19(14-30-20-23-24-25-26(20)16-7-3-1-4-8-16)22-15-9-10-17-18(13-15)29-21(28-17)11-5-2-6-12-21/h1,3-4,7-10,13H,2,5-6,11-12,14H2,(H,22,27). The van der Waals surface area contributed by atoms with Gasteiger partial charge in [-0.3, -0.25) is 4.79 Å². The first kappa shape index (κ1) is 18.9. The zero-order valence-corrected chi connectivity index (χ0v) is 17.1. The number of hydrogen-bond donors (Lipinski definition) is 1. The molecule has 154 valence electrons. The molecule has 1 N–H and O–H groups in total. The van der Waals surface area contributed by atoms with E-state index in [2.05, 4.69) is 20.8 Å². The van der Waals surface area contributed by atoms with Gasteiger partial charge in [-0.25, -0.2) is 0 Å². The third kappa shape index (κ3) is 3.85. The molecule has 2 aromatic carbocycles. The van der Waals surface area contributed by atoms with Gasteiger partial charge in [0.15, 0.2) is 11.5 Å². The topological polar surface area (TPSA) is 91.2 Å². The van der Waals surface area contributed by atoms with Gasteiger partial charge >= 0.3 is 0 Å². The van der Waals surface area contributed by atoms with Crippen molar-refractivity contribution in [1.29, 1.82) is 0 Å². The van der Waals surface area contributed by atoms with E-state index < -0.39 is 5.79 Å². The molecular weight excluding hydrogens is 402 g/mol. The maximum absolute atomic E-state index is 12.5. The summed E-state index contributed by atoms with van der Waals surface area (Å²) in [7, 11) is 0. The van der Waals surface area contributed by atoms with Crippen LogP contribution in [0.15, 0.2) is 53.7 Å². The van der Waals surface area contributed by atoms with Gasteiger partial charge < -0.3 is 14.8 Å². The number of thioether (sulfide) groups is 1. The minimum atomic E-state index is -0.520. The normalized spacial score (nSPS) is 16.5. The predicted molar refractivity (Wildman–Crippen MR) is 112 cm³/mol. The molecule has 0 atom stereocenters. The van der Waals surface area contributed by atoms with Gasteiger partial charge in [0.05, 0.1) is 11.4 Å². The first-order chi connectivity index (χ1) is 14.7. The van der Waals surface area contributed by atoms with Crippen molar-refractivity contribution < 1.29 is 14.3 Å². The van der Waals surface area contributed by atoms with Crippen molar-refractivity contribution in [3.05, 3.63) is 48.5 Å². The highest BCUT2D eigenvalue weighted by atomic mass is 32.2. The summed E-state index contributed by atoms with van der Waals surface area (Å²) < 4.78 is 13.8. The van der Waals surface area contributed by atoms with Crippen molar-refractivity contribution in [3.8, 4) is 17.2 Å². The predicted octanol–water partition coefficient (Wildman–Crippen LogP) is 3.82. The minimum Gasteiger partial charge on any atom is -0.448 e. The average molecular weight is 423 g/mol. The molecule has 0 saturated heterocycles. The number of carbonyl (C=O) groups excluding carboxylic acids is 1. The maximum Gasteiger partial charge on any atom is 0.251 e. The molecule has 0 unspecified atom stereocenters. The lowest BCUT2D eigenvalue weighted by Gasteiger charge is -2.31. The van der Waals surface area contributed by atoms with Gasteiger partial charge in [0.1, 0.15) is 0 Å². The smallest absolute Gasteiger partial charge is 0.251 e. The Hall–Kier alpha value is -3.07. The van der Waals surface area contributed by atoms with Gasteiger partial charge in [0, 0.05) is 24.6 Å². The van der Waals surface area contributed by atoms with E-state index >= 15 is 0 Å². The molecule has 1 saturated carbocycles. The van der Waals surface area contributed by atoms with Crippen LogP contribution in [0.25, 0.3) is 5.69 Å². The molecule has 1 aliphatic carbocycles. The molecule has 9 heteroatoms. The van der Waals surface area contributed by atoms with Crippen molar-refractivity contribution >= 4 is 23.4 Å². The molecule has 3 aromatic rings. The van der Waals surface area contributed by atoms with Gasteiger partial charge in [-0.1, -0.05) is 36.4 Å². The highest BCUT2D eigenvalue weighted by Gasteiger charge is 2.42. The molecule has 5 rings (SSSR count). The van der Waals surface area contributed by atoms with Gasteiger partial charge in [0.25, 0.3) is 5.79 Å². The van der Waals surface area contributed by atoms with Crippen molar-refractivity contribution in [3.63, 3.8) is 0 Å². The molecule has 1 aromatic heterocycles. The highest BCUT2D eigenvalue weighted by Crippen LogP contribution is 2.46. The van der Waals surface area contributed by atoms with Crippen molar-refractivity contribution in [2.24, 2.45) is 0 Å². The fourth-order valence-electron chi connectivity index (χ4n) is 3.79. The number of hydrogen-bond acceptors (Lipinski definition) is 7. The number of nitrogens with one attached hydrogen (secondary N) is 1. The number of carbonyl (C=O) groups is 1. The van der Waals surface area contributed by atoms with Crippen LogP contribution in [0.5, 0.6) is 11.5 Å². The first-order valence-corrected chi connectivity index (χ1v) is 11.0. The van der Waals surface area contributed by atoms with E-state index in [9.17, 15) is 4.79 Å². The van der Waals surface area contributed by atoms with Crippen LogP contribution in [-0.4, -0.2) is 37.7 Å². The second-order valence-corrected chi connectivity index (χ2v) is 8.33. The lowest BCUT2D eigenvalue weighted by molar-refractivity contribution is -0.113.